The highest BCUT2D eigenvalue weighted by atomic mass is 35.5. The number of amides is 1. The minimum atomic E-state index is -4.34. The molecule has 0 bridgehead atoms. The van der Waals surface area contributed by atoms with Gasteiger partial charge in [-0.15, -0.1) is 12.4 Å². The second kappa shape index (κ2) is 8.98. The molecule has 3 heterocycles. The van der Waals surface area contributed by atoms with Gasteiger partial charge in [-0.05, 0) is 37.5 Å². The molecule has 1 aromatic heterocycles. The molecule has 0 aliphatic carbocycles. The van der Waals surface area contributed by atoms with E-state index in [2.05, 4.69) is 10.4 Å². The quantitative estimate of drug-likeness (QED) is 0.746. The van der Waals surface area contributed by atoms with Crippen molar-refractivity contribution in [2.75, 3.05) is 25.5 Å². The zero-order chi connectivity index (χ0) is 21.5. The van der Waals surface area contributed by atoms with Crippen LogP contribution in [0.2, 0.25) is 0 Å². The first-order chi connectivity index (χ1) is 14.2. The summed E-state index contributed by atoms with van der Waals surface area (Å²) < 4.78 is 46.6. The number of nitrogens with zero attached hydrogens (tertiary/aromatic N) is 3. The minimum Gasteiger partial charge on any atom is -0.497 e. The molecule has 3 atom stereocenters. The molecule has 1 unspecified atom stereocenters. The maximum atomic E-state index is 13.5. The van der Waals surface area contributed by atoms with E-state index in [-0.39, 0.29) is 43.1 Å². The summed E-state index contributed by atoms with van der Waals surface area (Å²) in [6.45, 7) is 2.79. The lowest BCUT2D eigenvalue weighted by Crippen LogP contribution is -2.37. The van der Waals surface area contributed by atoms with Crippen molar-refractivity contribution in [1.82, 2.24) is 14.7 Å². The van der Waals surface area contributed by atoms with Crippen molar-refractivity contribution in [3.8, 4) is 5.75 Å². The first kappa shape index (κ1) is 23.2. The fourth-order valence-electron chi connectivity index (χ4n) is 4.23. The number of likely N-dealkylation sites (tertiary alicyclic amines) is 1. The molecule has 1 aromatic carbocycles. The molecule has 0 spiro atoms. The molecular weight excluding hydrogens is 433 g/mol. The van der Waals surface area contributed by atoms with Crippen LogP contribution < -0.4 is 10.1 Å². The second-order valence-electron chi connectivity index (χ2n) is 8.09. The van der Waals surface area contributed by atoms with Crippen LogP contribution in [0, 0.1) is 0 Å². The molecule has 170 valence electrons. The molecule has 1 fully saturated rings. The first-order valence-corrected chi connectivity index (χ1v) is 10.1. The number of hydrogen-bond acceptors (Lipinski definition) is 4. The van der Waals surface area contributed by atoms with E-state index in [9.17, 15) is 18.0 Å². The molecule has 10 heteroatoms. The monoisotopic (exact) mass is 458 g/mol. The smallest absolute Gasteiger partial charge is 0.410 e. The van der Waals surface area contributed by atoms with E-state index >= 15 is 0 Å². The van der Waals surface area contributed by atoms with Crippen LogP contribution in [0.5, 0.6) is 5.75 Å². The lowest BCUT2D eigenvalue weighted by atomic mass is 10.0. The van der Waals surface area contributed by atoms with Crippen LogP contribution >= 0.6 is 12.4 Å². The van der Waals surface area contributed by atoms with Crippen LogP contribution in [-0.4, -0.2) is 53.0 Å². The van der Waals surface area contributed by atoms with Crippen molar-refractivity contribution in [1.29, 1.82) is 0 Å². The van der Waals surface area contributed by atoms with Gasteiger partial charge in [0.05, 0.1) is 19.2 Å². The lowest BCUT2D eigenvalue weighted by molar-refractivity contribution is -0.173. The Kier molecular flexibility index (Phi) is 6.73. The van der Waals surface area contributed by atoms with Crippen LogP contribution in [-0.2, 0) is 11.2 Å². The molecule has 4 rings (SSSR count). The van der Waals surface area contributed by atoms with Crippen molar-refractivity contribution in [3.05, 3.63) is 41.6 Å². The number of anilines is 1. The van der Waals surface area contributed by atoms with E-state index in [1.807, 2.05) is 24.3 Å². The van der Waals surface area contributed by atoms with Crippen molar-refractivity contribution < 1.29 is 22.7 Å². The van der Waals surface area contributed by atoms with E-state index in [0.717, 1.165) is 16.0 Å². The number of nitrogens with one attached hydrogen (secondary N) is 1. The summed E-state index contributed by atoms with van der Waals surface area (Å²) >= 11 is 0. The molecule has 1 amide bonds. The number of rotatable bonds is 4. The van der Waals surface area contributed by atoms with E-state index in [1.54, 1.807) is 25.0 Å². The number of benzene rings is 1. The van der Waals surface area contributed by atoms with Crippen LogP contribution in [0.1, 0.15) is 43.0 Å². The summed E-state index contributed by atoms with van der Waals surface area (Å²) in [4.78, 5) is 14.4. The fraction of sp³-hybridized carbons (Fsp3) is 0.524. The van der Waals surface area contributed by atoms with Gasteiger partial charge in [0, 0.05) is 31.1 Å². The van der Waals surface area contributed by atoms with E-state index in [0.29, 0.717) is 31.0 Å². The number of carbonyl (C=O) groups is 1. The summed E-state index contributed by atoms with van der Waals surface area (Å²) in [5.74, 6) is 1.07. The second-order valence-corrected chi connectivity index (χ2v) is 8.09. The summed E-state index contributed by atoms with van der Waals surface area (Å²) in [5.41, 5.74) is 1.51. The van der Waals surface area contributed by atoms with Crippen LogP contribution in [0.3, 0.4) is 0 Å². The lowest BCUT2D eigenvalue weighted by Gasteiger charge is -2.31. The summed E-state index contributed by atoms with van der Waals surface area (Å²) in [5, 5.41) is 7.39. The Labute approximate surface area is 185 Å². The normalized spacial score (nSPS) is 23.0. The molecule has 2 aliphatic rings. The molecule has 1 saturated heterocycles. The molecule has 2 aliphatic heterocycles. The number of fused-ring (bicyclic) bond motifs is 1. The van der Waals surface area contributed by atoms with Crippen LogP contribution in [0.15, 0.2) is 30.3 Å². The van der Waals surface area contributed by atoms with Crippen molar-refractivity contribution in [2.24, 2.45) is 0 Å². The zero-order valence-corrected chi connectivity index (χ0v) is 18.2. The number of hydrogen-bond donors (Lipinski definition) is 1. The third kappa shape index (κ3) is 4.92. The summed E-state index contributed by atoms with van der Waals surface area (Å²) in [7, 11) is 1.59. The largest absolute Gasteiger partial charge is 0.497 e. The summed E-state index contributed by atoms with van der Waals surface area (Å²) in [6, 6.07) is 7.16. The standard InChI is InChI=1S/C21H25F3N4O2.ClH/c1-13-9-18(21(22,23)24)28-19(25-13)11-17(26-28)15-7-8-27(12-15)20(29)10-14-3-5-16(30-2)6-4-14;/h3-6,11,13,15,18,25H,7-10,12H2,1-2H3;1H/t13-,15?,18-;/m1./s1. The number of alkyl halides is 3. The summed E-state index contributed by atoms with van der Waals surface area (Å²) in [6.07, 6.45) is -3.41. The van der Waals surface area contributed by atoms with Gasteiger partial charge in [-0.1, -0.05) is 12.1 Å². The SMILES string of the molecule is COc1ccc(CC(=O)N2CCC(c3cc4n(n3)[C@@H](C(F)(F)F)C[C@@H](C)N4)C2)cc1.Cl. The molecular formula is C21H26ClF3N4O2. The van der Waals surface area contributed by atoms with Crippen molar-refractivity contribution >= 4 is 24.1 Å². The maximum absolute atomic E-state index is 13.5. The number of halogens is 4. The van der Waals surface area contributed by atoms with Gasteiger partial charge in [-0.3, -0.25) is 4.79 Å². The molecule has 6 nitrogen and oxygen atoms in total. The van der Waals surface area contributed by atoms with E-state index in [1.165, 1.54) is 0 Å². The number of ether oxygens (including phenoxy) is 1. The van der Waals surface area contributed by atoms with Gasteiger partial charge >= 0.3 is 6.18 Å². The molecule has 2 aromatic rings. The Hall–Kier alpha value is -2.42. The topological polar surface area (TPSA) is 59.4 Å². The van der Waals surface area contributed by atoms with Crippen molar-refractivity contribution in [2.45, 2.75) is 50.4 Å². The Morgan fingerprint density at radius 2 is 2.00 bits per heavy atom. The predicted octanol–water partition coefficient (Wildman–Crippen LogP) is 4.18. The van der Waals surface area contributed by atoms with Gasteiger partial charge in [0.25, 0.3) is 0 Å². The predicted molar refractivity (Wildman–Crippen MR) is 113 cm³/mol. The molecule has 31 heavy (non-hydrogen) atoms. The maximum Gasteiger partial charge on any atom is 0.410 e. The first-order valence-electron chi connectivity index (χ1n) is 10.1. The van der Waals surface area contributed by atoms with Gasteiger partial charge in [-0.25, -0.2) is 4.68 Å². The van der Waals surface area contributed by atoms with Crippen molar-refractivity contribution in [3.63, 3.8) is 0 Å². The van der Waals surface area contributed by atoms with Gasteiger partial charge < -0.3 is 15.0 Å². The average molecular weight is 459 g/mol. The van der Waals surface area contributed by atoms with Gasteiger partial charge in [0.1, 0.15) is 11.6 Å². The number of carbonyl (C=O) groups excluding carboxylic acids is 1. The number of methoxy groups -OCH3 is 1. The fourth-order valence-corrected chi connectivity index (χ4v) is 4.23. The molecule has 0 radical (unpaired) electrons. The van der Waals surface area contributed by atoms with Crippen LogP contribution in [0.4, 0.5) is 19.0 Å². The molecule has 0 saturated carbocycles. The Morgan fingerprint density at radius 1 is 1.29 bits per heavy atom. The highest BCUT2D eigenvalue weighted by Crippen LogP contribution is 2.40. The highest BCUT2D eigenvalue weighted by Gasteiger charge is 2.46. The highest BCUT2D eigenvalue weighted by molar-refractivity contribution is 5.85. The van der Waals surface area contributed by atoms with E-state index in [4.69, 9.17) is 4.74 Å². The minimum absolute atomic E-state index is 0. The zero-order valence-electron chi connectivity index (χ0n) is 17.4. The number of aromatic nitrogens is 2. The van der Waals surface area contributed by atoms with Gasteiger partial charge in [0.15, 0.2) is 6.04 Å². The third-order valence-electron chi connectivity index (χ3n) is 5.87. The van der Waals surface area contributed by atoms with Gasteiger partial charge in [-0.2, -0.15) is 18.3 Å². The Bertz CT molecular complexity index is 916. The Morgan fingerprint density at radius 3 is 2.65 bits per heavy atom. The average Bonchev–Trinajstić information content (AvgIpc) is 3.34. The third-order valence-corrected chi connectivity index (χ3v) is 5.87. The molecule has 1 N–H and O–H groups in total. The van der Waals surface area contributed by atoms with Gasteiger partial charge in [0.2, 0.25) is 5.91 Å². The Balaban J connectivity index is 0.00000272. The van der Waals surface area contributed by atoms with Crippen LogP contribution in [0.25, 0.3) is 0 Å². The van der Waals surface area contributed by atoms with E-state index < -0.39 is 12.2 Å².